The summed E-state index contributed by atoms with van der Waals surface area (Å²) in [5.41, 5.74) is 0. The van der Waals surface area contributed by atoms with E-state index in [1.165, 1.54) is 0 Å². The van der Waals surface area contributed by atoms with Gasteiger partial charge in [0.05, 0.1) is 12.6 Å². The Bertz CT molecular complexity index is 998. The van der Waals surface area contributed by atoms with Crippen molar-refractivity contribution in [2.75, 3.05) is 19.7 Å². The van der Waals surface area contributed by atoms with Gasteiger partial charge in [-0.3, -0.25) is 9.69 Å². The summed E-state index contributed by atoms with van der Waals surface area (Å²) in [6.45, 7) is 7.32. The lowest BCUT2D eigenvalue weighted by atomic mass is 10.3. The Kier molecular flexibility index (Phi) is 6.66. The predicted octanol–water partition coefficient (Wildman–Crippen LogP) is 2.75. The van der Waals surface area contributed by atoms with E-state index in [2.05, 4.69) is 38.0 Å². The number of benzene rings is 1. The molecule has 0 radical (unpaired) electrons. The molecule has 1 atom stereocenters. The average molecular weight is 424 g/mol. The molecule has 3 heterocycles. The van der Waals surface area contributed by atoms with Gasteiger partial charge >= 0.3 is 0 Å². The molecule has 0 spiro atoms. The molecule has 0 bridgehead atoms. The van der Waals surface area contributed by atoms with E-state index < -0.39 is 0 Å². The number of aromatic nitrogens is 3. The lowest BCUT2D eigenvalue weighted by Gasteiger charge is -2.19. The molecule has 1 N–H and O–H groups in total. The second-order valence-corrected chi connectivity index (χ2v) is 7.76. The summed E-state index contributed by atoms with van der Waals surface area (Å²) in [6.07, 6.45) is 1.72. The number of carbonyl (C=O) groups is 1. The largest absolute Gasteiger partial charge is 0.484 e. The van der Waals surface area contributed by atoms with Gasteiger partial charge in [0, 0.05) is 32.5 Å². The molecular formula is C23H29N5O3. The zero-order chi connectivity index (χ0) is 21.6. The van der Waals surface area contributed by atoms with E-state index in [9.17, 15) is 4.79 Å². The Balaban J connectivity index is 1.32. The number of aryl methyl sites for hydroxylation is 1. The van der Waals surface area contributed by atoms with Gasteiger partial charge in [-0.1, -0.05) is 25.1 Å². The molecule has 4 rings (SSSR count). The van der Waals surface area contributed by atoms with Crippen LogP contribution in [-0.4, -0.2) is 45.3 Å². The van der Waals surface area contributed by atoms with Gasteiger partial charge in [-0.2, -0.15) is 0 Å². The molecule has 31 heavy (non-hydrogen) atoms. The Labute approximate surface area is 182 Å². The standard InChI is InChI=1S/C23H29N5O3/c1-3-18-9-10-20(31-18)15-27-12-11-21-25-26-23(28(21)14-13-27)17(2)24-22(29)16-30-19-7-5-4-6-8-19/h4-10,17H,3,11-16H2,1-2H3,(H,24,29)/t17-/m1/s1. The first kappa shape index (κ1) is 21.1. The lowest BCUT2D eigenvalue weighted by molar-refractivity contribution is -0.123. The van der Waals surface area contributed by atoms with Crippen LogP contribution in [0.5, 0.6) is 5.75 Å². The third kappa shape index (κ3) is 5.32. The first-order valence-electron chi connectivity index (χ1n) is 10.8. The van der Waals surface area contributed by atoms with Gasteiger partial charge in [-0.25, -0.2) is 0 Å². The summed E-state index contributed by atoms with van der Waals surface area (Å²) >= 11 is 0. The van der Waals surface area contributed by atoms with Gasteiger partial charge < -0.3 is 19.0 Å². The fraction of sp³-hybridized carbons (Fsp3) is 0.435. The highest BCUT2D eigenvalue weighted by Crippen LogP contribution is 2.18. The van der Waals surface area contributed by atoms with Crippen LogP contribution in [0.3, 0.4) is 0 Å². The molecule has 8 heteroatoms. The van der Waals surface area contributed by atoms with E-state index in [0.29, 0.717) is 5.75 Å². The molecule has 0 unspecified atom stereocenters. The van der Waals surface area contributed by atoms with Crippen molar-refractivity contribution in [3.63, 3.8) is 0 Å². The lowest BCUT2D eigenvalue weighted by Crippen LogP contribution is -2.33. The summed E-state index contributed by atoms with van der Waals surface area (Å²) in [6, 6.07) is 13.2. The Morgan fingerprint density at radius 1 is 1.13 bits per heavy atom. The maximum atomic E-state index is 12.3. The first-order valence-corrected chi connectivity index (χ1v) is 10.8. The van der Waals surface area contributed by atoms with E-state index >= 15 is 0 Å². The van der Waals surface area contributed by atoms with Crippen LogP contribution in [0, 0.1) is 0 Å². The number of nitrogens with one attached hydrogen (secondary N) is 1. The third-order valence-electron chi connectivity index (χ3n) is 5.47. The number of furan rings is 1. The molecule has 3 aromatic rings. The zero-order valence-corrected chi connectivity index (χ0v) is 18.1. The number of ether oxygens (including phenoxy) is 1. The SMILES string of the molecule is CCc1ccc(CN2CCc3nnc([C@@H](C)NC(=O)COc4ccccc4)n3CC2)o1. The Hall–Kier alpha value is -3.13. The summed E-state index contributed by atoms with van der Waals surface area (Å²) in [5.74, 6) is 4.22. The smallest absolute Gasteiger partial charge is 0.258 e. The minimum atomic E-state index is -0.253. The monoisotopic (exact) mass is 423 g/mol. The van der Waals surface area contributed by atoms with Crippen molar-refractivity contribution in [2.45, 2.75) is 45.8 Å². The Morgan fingerprint density at radius 2 is 1.94 bits per heavy atom. The number of fused-ring (bicyclic) bond motifs is 1. The second-order valence-electron chi connectivity index (χ2n) is 7.76. The number of hydrogen-bond donors (Lipinski definition) is 1. The van der Waals surface area contributed by atoms with Gasteiger partial charge in [-0.15, -0.1) is 10.2 Å². The van der Waals surface area contributed by atoms with Crippen LogP contribution in [0.2, 0.25) is 0 Å². The van der Waals surface area contributed by atoms with E-state index in [-0.39, 0.29) is 18.6 Å². The average Bonchev–Trinajstić information content (AvgIpc) is 3.36. The predicted molar refractivity (Wildman–Crippen MR) is 116 cm³/mol. The highest BCUT2D eigenvalue weighted by atomic mass is 16.5. The highest BCUT2D eigenvalue weighted by Gasteiger charge is 2.23. The van der Waals surface area contributed by atoms with Crippen molar-refractivity contribution in [1.29, 1.82) is 0 Å². The van der Waals surface area contributed by atoms with Gasteiger partial charge in [0.25, 0.3) is 5.91 Å². The molecule has 0 aliphatic carbocycles. The molecule has 164 valence electrons. The maximum Gasteiger partial charge on any atom is 0.258 e. The molecular weight excluding hydrogens is 394 g/mol. The minimum Gasteiger partial charge on any atom is -0.484 e. The summed E-state index contributed by atoms with van der Waals surface area (Å²) in [4.78, 5) is 14.7. The van der Waals surface area contributed by atoms with Crippen molar-refractivity contribution in [3.8, 4) is 5.75 Å². The van der Waals surface area contributed by atoms with Crippen LogP contribution in [-0.2, 0) is 30.7 Å². The van der Waals surface area contributed by atoms with Crippen LogP contribution in [0.15, 0.2) is 46.9 Å². The van der Waals surface area contributed by atoms with E-state index in [1.807, 2.05) is 43.3 Å². The first-order chi connectivity index (χ1) is 15.1. The van der Waals surface area contributed by atoms with Crippen molar-refractivity contribution in [2.24, 2.45) is 0 Å². The molecule has 1 aliphatic rings. The molecule has 1 aliphatic heterocycles. The topological polar surface area (TPSA) is 85.4 Å². The number of para-hydroxylation sites is 1. The normalized spacial score (nSPS) is 15.2. The number of carbonyl (C=O) groups excluding carboxylic acids is 1. The van der Waals surface area contributed by atoms with Crippen molar-refractivity contribution in [1.82, 2.24) is 25.0 Å². The van der Waals surface area contributed by atoms with Gasteiger partial charge in [0.15, 0.2) is 12.4 Å². The van der Waals surface area contributed by atoms with Crippen LogP contribution in [0.4, 0.5) is 0 Å². The fourth-order valence-electron chi connectivity index (χ4n) is 3.80. The number of amides is 1. The number of nitrogens with zero attached hydrogens (tertiary/aromatic N) is 4. The molecule has 1 aromatic carbocycles. The maximum absolute atomic E-state index is 12.3. The highest BCUT2D eigenvalue weighted by molar-refractivity contribution is 5.77. The molecule has 2 aromatic heterocycles. The summed E-state index contributed by atoms with van der Waals surface area (Å²) < 4.78 is 13.5. The quantitative estimate of drug-likeness (QED) is 0.600. The number of hydrogen-bond acceptors (Lipinski definition) is 6. The van der Waals surface area contributed by atoms with Gasteiger partial charge in [-0.05, 0) is 31.2 Å². The second kappa shape index (κ2) is 9.78. The van der Waals surface area contributed by atoms with E-state index in [4.69, 9.17) is 9.15 Å². The van der Waals surface area contributed by atoms with Crippen molar-refractivity contribution < 1.29 is 13.9 Å². The van der Waals surface area contributed by atoms with Crippen LogP contribution in [0.1, 0.15) is 43.1 Å². The van der Waals surface area contributed by atoms with Crippen molar-refractivity contribution in [3.05, 3.63) is 65.6 Å². The molecule has 1 amide bonds. The summed E-state index contributed by atoms with van der Waals surface area (Å²) in [5, 5.41) is 11.7. The zero-order valence-electron chi connectivity index (χ0n) is 18.1. The van der Waals surface area contributed by atoms with Gasteiger partial charge in [0.1, 0.15) is 23.1 Å². The fourth-order valence-corrected chi connectivity index (χ4v) is 3.80. The molecule has 0 saturated heterocycles. The molecule has 8 nitrogen and oxygen atoms in total. The van der Waals surface area contributed by atoms with E-state index in [1.54, 1.807) is 0 Å². The van der Waals surface area contributed by atoms with Crippen LogP contribution in [0.25, 0.3) is 0 Å². The van der Waals surface area contributed by atoms with Gasteiger partial charge in [0.2, 0.25) is 0 Å². The minimum absolute atomic E-state index is 0.0357. The molecule has 0 saturated carbocycles. The van der Waals surface area contributed by atoms with Crippen molar-refractivity contribution >= 4 is 5.91 Å². The van der Waals surface area contributed by atoms with Crippen LogP contribution < -0.4 is 10.1 Å². The number of rotatable bonds is 8. The Morgan fingerprint density at radius 3 is 2.71 bits per heavy atom. The third-order valence-corrected chi connectivity index (χ3v) is 5.47. The van der Waals surface area contributed by atoms with Crippen LogP contribution >= 0.6 is 0 Å². The summed E-state index contributed by atoms with van der Waals surface area (Å²) in [7, 11) is 0. The van der Waals surface area contributed by atoms with E-state index in [0.717, 1.165) is 62.2 Å². The molecule has 0 fully saturated rings.